The van der Waals surface area contributed by atoms with Gasteiger partial charge in [0.25, 0.3) is 0 Å². The topological polar surface area (TPSA) is 74.5 Å². The summed E-state index contributed by atoms with van der Waals surface area (Å²) >= 11 is 0. The molecule has 0 unspecified atom stereocenters. The molecule has 0 saturated heterocycles. The predicted molar refractivity (Wildman–Crippen MR) is 100 cm³/mol. The molecule has 1 aromatic heterocycles. The van der Waals surface area contributed by atoms with Crippen molar-refractivity contribution in [3.8, 4) is 0 Å². The van der Waals surface area contributed by atoms with Gasteiger partial charge in [-0.15, -0.1) is 0 Å². The van der Waals surface area contributed by atoms with Crippen LogP contribution in [0, 0.1) is 12.8 Å². The molecule has 1 heterocycles. The summed E-state index contributed by atoms with van der Waals surface area (Å²) in [4.78, 5) is 11.3. The summed E-state index contributed by atoms with van der Waals surface area (Å²) in [6, 6.07) is 8.05. The Balaban J connectivity index is 2.56. The Bertz CT molecular complexity index is 748. The molecule has 0 aliphatic rings. The van der Waals surface area contributed by atoms with Crippen LogP contribution in [0.3, 0.4) is 0 Å². The van der Waals surface area contributed by atoms with Crippen LogP contribution in [0.4, 0.5) is 5.69 Å². The summed E-state index contributed by atoms with van der Waals surface area (Å²) in [7, 11) is 1.89. The Morgan fingerprint density at radius 3 is 2.48 bits per heavy atom. The lowest BCUT2D eigenvalue weighted by molar-refractivity contribution is -0.137. The highest BCUT2D eigenvalue weighted by molar-refractivity contribution is 5.67. The van der Waals surface area contributed by atoms with E-state index >= 15 is 0 Å². The Kier molecular flexibility index (Phi) is 6.26. The SMILES string of the molecule is CNc1ccccc1Cc1c(CO)c(CC(C)C)n(CC(=O)O)c1C. The Hall–Kier alpha value is -2.27. The van der Waals surface area contributed by atoms with Gasteiger partial charge >= 0.3 is 5.97 Å². The molecule has 0 aliphatic carbocycles. The van der Waals surface area contributed by atoms with Crippen molar-refractivity contribution in [3.63, 3.8) is 0 Å². The third-order valence-electron chi connectivity index (χ3n) is 4.59. The molecule has 0 atom stereocenters. The van der Waals surface area contributed by atoms with Crippen LogP contribution >= 0.6 is 0 Å². The number of carboxylic acids is 1. The normalized spacial score (nSPS) is 11.1. The molecular formula is C20H28N2O3. The number of carboxylic acid groups (broad SMARTS) is 1. The molecule has 0 aliphatic heterocycles. The van der Waals surface area contributed by atoms with Crippen molar-refractivity contribution < 1.29 is 15.0 Å². The van der Waals surface area contributed by atoms with Crippen LogP contribution in [0.5, 0.6) is 0 Å². The van der Waals surface area contributed by atoms with Crippen molar-refractivity contribution >= 4 is 11.7 Å². The number of anilines is 1. The smallest absolute Gasteiger partial charge is 0.323 e. The number of aromatic nitrogens is 1. The van der Waals surface area contributed by atoms with Gasteiger partial charge < -0.3 is 20.1 Å². The van der Waals surface area contributed by atoms with E-state index in [2.05, 4.69) is 25.2 Å². The van der Waals surface area contributed by atoms with Gasteiger partial charge in [0, 0.05) is 36.1 Å². The van der Waals surface area contributed by atoms with Gasteiger partial charge in [-0.05, 0) is 36.5 Å². The Labute approximate surface area is 149 Å². The van der Waals surface area contributed by atoms with Gasteiger partial charge in [0.2, 0.25) is 0 Å². The van der Waals surface area contributed by atoms with Crippen molar-refractivity contribution in [2.75, 3.05) is 12.4 Å². The van der Waals surface area contributed by atoms with Crippen LogP contribution in [-0.4, -0.2) is 27.8 Å². The predicted octanol–water partition coefficient (Wildman–Crippen LogP) is 3.20. The standard InChI is InChI=1S/C20H28N2O3/c1-13(2)9-19-17(12-23)16(14(3)22(19)11-20(24)25)10-15-7-5-6-8-18(15)21-4/h5-8,13,21,23H,9-12H2,1-4H3,(H,24,25). The highest BCUT2D eigenvalue weighted by Gasteiger charge is 2.22. The maximum atomic E-state index is 11.3. The first kappa shape index (κ1) is 19.1. The molecule has 1 aromatic carbocycles. The summed E-state index contributed by atoms with van der Waals surface area (Å²) in [5.41, 5.74) is 5.94. The summed E-state index contributed by atoms with van der Waals surface area (Å²) in [5, 5.41) is 22.5. The molecule has 136 valence electrons. The maximum absolute atomic E-state index is 11.3. The Morgan fingerprint density at radius 1 is 1.24 bits per heavy atom. The number of nitrogens with zero attached hydrogens (tertiary/aromatic N) is 1. The van der Waals surface area contributed by atoms with Gasteiger partial charge in [-0.1, -0.05) is 32.0 Å². The molecule has 3 N–H and O–H groups in total. The molecule has 2 aromatic rings. The number of benzene rings is 1. The van der Waals surface area contributed by atoms with Crippen LogP contribution in [0.2, 0.25) is 0 Å². The third kappa shape index (κ3) is 4.23. The van der Waals surface area contributed by atoms with E-state index in [9.17, 15) is 15.0 Å². The number of rotatable bonds is 8. The minimum atomic E-state index is -0.866. The van der Waals surface area contributed by atoms with Crippen LogP contribution in [0.1, 0.15) is 41.9 Å². The van der Waals surface area contributed by atoms with E-state index in [4.69, 9.17) is 0 Å². The minimum Gasteiger partial charge on any atom is -0.480 e. The second-order valence-electron chi connectivity index (χ2n) is 6.81. The minimum absolute atomic E-state index is 0.0748. The number of para-hydroxylation sites is 1. The van der Waals surface area contributed by atoms with Crippen LogP contribution < -0.4 is 5.32 Å². The number of hydrogen-bond donors (Lipinski definition) is 3. The molecule has 5 nitrogen and oxygen atoms in total. The van der Waals surface area contributed by atoms with Gasteiger partial charge in [-0.25, -0.2) is 0 Å². The van der Waals surface area contributed by atoms with Crippen molar-refractivity contribution in [1.82, 2.24) is 4.57 Å². The molecule has 0 radical (unpaired) electrons. The summed E-state index contributed by atoms with van der Waals surface area (Å²) in [5.74, 6) is -0.487. The second kappa shape index (κ2) is 8.21. The first-order chi connectivity index (χ1) is 11.9. The number of aliphatic hydroxyl groups excluding tert-OH is 1. The van der Waals surface area contributed by atoms with Crippen molar-refractivity contribution in [3.05, 3.63) is 52.3 Å². The Morgan fingerprint density at radius 2 is 1.92 bits per heavy atom. The fraction of sp³-hybridized carbons (Fsp3) is 0.450. The van der Waals surface area contributed by atoms with Gasteiger partial charge in [0.05, 0.1) is 6.61 Å². The molecule has 0 spiro atoms. The molecular weight excluding hydrogens is 316 g/mol. The summed E-state index contributed by atoms with van der Waals surface area (Å²) < 4.78 is 1.85. The third-order valence-corrected chi connectivity index (χ3v) is 4.59. The maximum Gasteiger partial charge on any atom is 0.323 e. The fourth-order valence-corrected chi connectivity index (χ4v) is 3.42. The van der Waals surface area contributed by atoms with E-state index in [1.54, 1.807) is 0 Å². The first-order valence-corrected chi connectivity index (χ1v) is 8.67. The lowest BCUT2D eigenvalue weighted by atomic mass is 9.97. The van der Waals surface area contributed by atoms with E-state index < -0.39 is 5.97 Å². The highest BCUT2D eigenvalue weighted by atomic mass is 16.4. The monoisotopic (exact) mass is 344 g/mol. The van der Waals surface area contributed by atoms with E-state index in [0.29, 0.717) is 12.3 Å². The largest absolute Gasteiger partial charge is 0.480 e. The van der Waals surface area contributed by atoms with Crippen LogP contribution in [-0.2, 0) is 30.8 Å². The lowest BCUT2D eigenvalue weighted by Crippen LogP contribution is -2.15. The average molecular weight is 344 g/mol. The number of aliphatic carboxylic acids is 1. The molecule has 0 bridgehead atoms. The fourth-order valence-electron chi connectivity index (χ4n) is 3.42. The number of aliphatic hydroxyl groups is 1. The number of hydrogen-bond acceptors (Lipinski definition) is 3. The van der Waals surface area contributed by atoms with E-state index in [0.717, 1.165) is 40.2 Å². The molecule has 0 saturated carbocycles. The van der Waals surface area contributed by atoms with Crippen molar-refractivity contribution in [2.45, 2.75) is 46.8 Å². The number of nitrogens with one attached hydrogen (secondary N) is 1. The van der Waals surface area contributed by atoms with Gasteiger partial charge in [0.1, 0.15) is 6.54 Å². The molecule has 2 rings (SSSR count). The van der Waals surface area contributed by atoms with Crippen molar-refractivity contribution in [2.24, 2.45) is 5.92 Å². The zero-order chi connectivity index (χ0) is 18.6. The van der Waals surface area contributed by atoms with E-state index in [1.807, 2.05) is 36.7 Å². The van der Waals surface area contributed by atoms with Crippen LogP contribution in [0.25, 0.3) is 0 Å². The highest BCUT2D eigenvalue weighted by Crippen LogP contribution is 2.29. The zero-order valence-corrected chi connectivity index (χ0v) is 15.5. The van der Waals surface area contributed by atoms with Crippen molar-refractivity contribution in [1.29, 1.82) is 0 Å². The zero-order valence-electron chi connectivity index (χ0n) is 15.5. The molecule has 0 fully saturated rings. The second-order valence-corrected chi connectivity index (χ2v) is 6.81. The number of carbonyl (C=O) groups is 1. The first-order valence-electron chi connectivity index (χ1n) is 8.67. The van der Waals surface area contributed by atoms with Gasteiger partial charge in [-0.3, -0.25) is 4.79 Å². The molecule has 0 amide bonds. The summed E-state index contributed by atoms with van der Waals surface area (Å²) in [6.45, 7) is 6.00. The molecule has 25 heavy (non-hydrogen) atoms. The van der Waals surface area contributed by atoms with Crippen LogP contribution in [0.15, 0.2) is 24.3 Å². The molecule has 5 heteroatoms. The van der Waals surface area contributed by atoms with E-state index in [-0.39, 0.29) is 13.2 Å². The average Bonchev–Trinajstić information content (AvgIpc) is 2.79. The van der Waals surface area contributed by atoms with Gasteiger partial charge in [0.15, 0.2) is 0 Å². The van der Waals surface area contributed by atoms with E-state index in [1.165, 1.54) is 0 Å². The van der Waals surface area contributed by atoms with Gasteiger partial charge in [-0.2, -0.15) is 0 Å². The lowest BCUT2D eigenvalue weighted by Gasteiger charge is -2.12. The summed E-state index contributed by atoms with van der Waals surface area (Å²) in [6.07, 6.45) is 1.41. The quantitative estimate of drug-likeness (QED) is 0.687.